The third-order valence-corrected chi connectivity index (χ3v) is 4.35. The highest BCUT2D eigenvalue weighted by Gasteiger charge is 2.29. The zero-order valence-electron chi connectivity index (χ0n) is 13.5. The third kappa shape index (κ3) is 3.02. The van der Waals surface area contributed by atoms with Crippen molar-refractivity contribution >= 4 is 17.5 Å². The first-order valence-corrected chi connectivity index (χ1v) is 8.26. The molecule has 1 aromatic heterocycles. The van der Waals surface area contributed by atoms with Gasteiger partial charge in [0.1, 0.15) is 0 Å². The summed E-state index contributed by atoms with van der Waals surface area (Å²) in [5, 5.41) is 13.9. The van der Waals surface area contributed by atoms with Gasteiger partial charge in [-0.1, -0.05) is 5.21 Å². The standard InChI is InChI=1S/C17H19N5O2/c1-10-15(17(24)19-12-4-5-12)20-21-22(10)14-8-6-13(7-9-14)18-16(23)11-2-3-11/h6-9,11-12H,2-5H2,1H3,(H,18,23)(H,19,24). The summed E-state index contributed by atoms with van der Waals surface area (Å²) in [6.45, 7) is 1.82. The van der Waals surface area contributed by atoms with Crippen LogP contribution in [0.5, 0.6) is 0 Å². The molecule has 2 aromatic rings. The molecule has 7 nitrogen and oxygen atoms in total. The van der Waals surface area contributed by atoms with Gasteiger partial charge >= 0.3 is 0 Å². The average Bonchev–Trinajstić information content (AvgIpc) is 3.47. The molecule has 7 heteroatoms. The van der Waals surface area contributed by atoms with Crippen LogP contribution in [0.4, 0.5) is 5.69 Å². The van der Waals surface area contributed by atoms with E-state index in [1.54, 1.807) is 4.68 Å². The molecule has 0 radical (unpaired) electrons. The molecule has 0 bridgehead atoms. The summed E-state index contributed by atoms with van der Waals surface area (Å²) in [4.78, 5) is 23.9. The summed E-state index contributed by atoms with van der Waals surface area (Å²) in [6, 6.07) is 7.66. The van der Waals surface area contributed by atoms with Crippen molar-refractivity contribution in [3.63, 3.8) is 0 Å². The van der Waals surface area contributed by atoms with Crippen LogP contribution in [0.3, 0.4) is 0 Å². The first-order chi connectivity index (χ1) is 11.6. The first-order valence-electron chi connectivity index (χ1n) is 8.26. The molecule has 0 unspecified atom stereocenters. The minimum absolute atomic E-state index is 0.0821. The molecule has 2 fully saturated rings. The second-order valence-corrected chi connectivity index (χ2v) is 6.49. The molecule has 124 valence electrons. The molecule has 0 atom stereocenters. The molecule has 2 amide bonds. The fourth-order valence-corrected chi connectivity index (χ4v) is 2.54. The van der Waals surface area contributed by atoms with Gasteiger partial charge in [-0.3, -0.25) is 9.59 Å². The van der Waals surface area contributed by atoms with Crippen LogP contribution in [0.1, 0.15) is 41.9 Å². The minimum Gasteiger partial charge on any atom is -0.348 e. The number of hydrogen-bond acceptors (Lipinski definition) is 4. The Balaban J connectivity index is 1.49. The molecule has 0 saturated heterocycles. The highest BCUT2D eigenvalue weighted by molar-refractivity contribution is 5.94. The quantitative estimate of drug-likeness (QED) is 0.877. The number of amides is 2. The number of carbonyl (C=O) groups excluding carboxylic acids is 2. The van der Waals surface area contributed by atoms with E-state index in [1.807, 2.05) is 31.2 Å². The number of carbonyl (C=O) groups is 2. The second-order valence-electron chi connectivity index (χ2n) is 6.49. The normalized spacial score (nSPS) is 16.7. The molecular weight excluding hydrogens is 306 g/mol. The third-order valence-electron chi connectivity index (χ3n) is 4.35. The maximum atomic E-state index is 12.1. The predicted molar refractivity (Wildman–Crippen MR) is 87.9 cm³/mol. The van der Waals surface area contributed by atoms with E-state index in [1.165, 1.54) is 0 Å². The minimum atomic E-state index is -0.172. The lowest BCUT2D eigenvalue weighted by molar-refractivity contribution is -0.117. The lowest BCUT2D eigenvalue weighted by atomic mass is 10.2. The number of anilines is 1. The van der Waals surface area contributed by atoms with E-state index in [2.05, 4.69) is 20.9 Å². The number of nitrogens with zero attached hydrogens (tertiary/aromatic N) is 3. The largest absolute Gasteiger partial charge is 0.348 e. The summed E-state index contributed by atoms with van der Waals surface area (Å²) in [6.07, 6.45) is 4.03. The van der Waals surface area contributed by atoms with E-state index in [0.717, 1.165) is 37.1 Å². The topological polar surface area (TPSA) is 88.9 Å². The summed E-state index contributed by atoms with van der Waals surface area (Å²) in [7, 11) is 0. The van der Waals surface area contributed by atoms with Gasteiger partial charge in [0, 0.05) is 17.6 Å². The van der Waals surface area contributed by atoms with Gasteiger partial charge in [-0.2, -0.15) is 0 Å². The van der Waals surface area contributed by atoms with Crippen LogP contribution in [0.15, 0.2) is 24.3 Å². The van der Waals surface area contributed by atoms with Crippen LogP contribution >= 0.6 is 0 Å². The molecule has 2 aliphatic rings. The van der Waals surface area contributed by atoms with Crippen LogP contribution in [-0.4, -0.2) is 32.9 Å². The molecule has 4 rings (SSSR count). The van der Waals surface area contributed by atoms with Crippen molar-refractivity contribution in [3.8, 4) is 5.69 Å². The fourth-order valence-electron chi connectivity index (χ4n) is 2.54. The molecule has 1 aromatic carbocycles. The fraction of sp³-hybridized carbons (Fsp3) is 0.412. The second kappa shape index (κ2) is 5.74. The van der Waals surface area contributed by atoms with Crippen molar-refractivity contribution in [1.29, 1.82) is 0 Å². The van der Waals surface area contributed by atoms with Gasteiger partial charge in [-0.05, 0) is 56.9 Å². The van der Waals surface area contributed by atoms with Gasteiger partial charge in [-0.25, -0.2) is 4.68 Å². The SMILES string of the molecule is Cc1c(C(=O)NC2CC2)nnn1-c1ccc(NC(=O)C2CC2)cc1. The van der Waals surface area contributed by atoms with E-state index in [-0.39, 0.29) is 23.8 Å². The lowest BCUT2D eigenvalue weighted by Gasteiger charge is -2.07. The van der Waals surface area contributed by atoms with Crippen LogP contribution < -0.4 is 10.6 Å². The van der Waals surface area contributed by atoms with Crippen LogP contribution in [0.25, 0.3) is 5.69 Å². The molecule has 0 aliphatic heterocycles. The smallest absolute Gasteiger partial charge is 0.273 e. The zero-order valence-corrected chi connectivity index (χ0v) is 13.5. The highest BCUT2D eigenvalue weighted by Crippen LogP contribution is 2.30. The Morgan fingerprint density at radius 1 is 1.12 bits per heavy atom. The Bertz CT molecular complexity index is 788. The molecular formula is C17H19N5O2. The van der Waals surface area contributed by atoms with Crippen molar-refractivity contribution in [2.45, 2.75) is 38.6 Å². The predicted octanol–water partition coefficient (Wildman–Crippen LogP) is 1.82. The van der Waals surface area contributed by atoms with Gasteiger partial charge in [0.2, 0.25) is 5.91 Å². The molecule has 2 aliphatic carbocycles. The number of hydrogen-bond donors (Lipinski definition) is 2. The van der Waals surface area contributed by atoms with Gasteiger partial charge < -0.3 is 10.6 Å². The Hall–Kier alpha value is -2.70. The number of aromatic nitrogens is 3. The average molecular weight is 325 g/mol. The zero-order chi connectivity index (χ0) is 16.7. The van der Waals surface area contributed by atoms with Crippen molar-refractivity contribution in [1.82, 2.24) is 20.3 Å². The van der Waals surface area contributed by atoms with E-state index in [0.29, 0.717) is 11.4 Å². The van der Waals surface area contributed by atoms with Gasteiger partial charge in [0.15, 0.2) is 5.69 Å². The first kappa shape index (κ1) is 14.9. The molecule has 24 heavy (non-hydrogen) atoms. The Labute approximate surface area is 139 Å². The van der Waals surface area contributed by atoms with E-state index >= 15 is 0 Å². The number of rotatable bonds is 5. The van der Waals surface area contributed by atoms with E-state index in [4.69, 9.17) is 0 Å². The van der Waals surface area contributed by atoms with Gasteiger partial charge in [-0.15, -0.1) is 5.10 Å². The monoisotopic (exact) mass is 325 g/mol. The maximum absolute atomic E-state index is 12.1. The van der Waals surface area contributed by atoms with E-state index in [9.17, 15) is 9.59 Å². The van der Waals surface area contributed by atoms with Crippen molar-refractivity contribution in [3.05, 3.63) is 35.7 Å². The summed E-state index contributed by atoms with van der Waals surface area (Å²) >= 11 is 0. The van der Waals surface area contributed by atoms with E-state index < -0.39 is 0 Å². The molecule has 2 N–H and O–H groups in total. The van der Waals surface area contributed by atoms with Crippen molar-refractivity contribution < 1.29 is 9.59 Å². The summed E-state index contributed by atoms with van der Waals surface area (Å²) in [5.41, 5.74) is 2.62. The van der Waals surface area contributed by atoms with Crippen LogP contribution in [0, 0.1) is 12.8 Å². The highest BCUT2D eigenvalue weighted by atomic mass is 16.2. The number of nitrogens with one attached hydrogen (secondary N) is 2. The van der Waals surface area contributed by atoms with Crippen molar-refractivity contribution in [2.24, 2.45) is 5.92 Å². The summed E-state index contributed by atoms with van der Waals surface area (Å²) in [5.74, 6) is 0.0862. The Morgan fingerprint density at radius 2 is 1.83 bits per heavy atom. The summed E-state index contributed by atoms with van der Waals surface area (Å²) < 4.78 is 1.63. The maximum Gasteiger partial charge on any atom is 0.273 e. The van der Waals surface area contributed by atoms with Crippen molar-refractivity contribution in [2.75, 3.05) is 5.32 Å². The molecule has 0 spiro atoms. The molecule has 2 saturated carbocycles. The Kier molecular flexibility index (Phi) is 3.55. The number of benzene rings is 1. The van der Waals surface area contributed by atoms with Gasteiger partial charge in [0.25, 0.3) is 5.91 Å². The Morgan fingerprint density at radius 3 is 2.46 bits per heavy atom. The van der Waals surface area contributed by atoms with Gasteiger partial charge in [0.05, 0.1) is 11.4 Å². The lowest BCUT2D eigenvalue weighted by Crippen LogP contribution is -2.26. The van der Waals surface area contributed by atoms with Crippen LogP contribution in [-0.2, 0) is 4.79 Å². The van der Waals surface area contributed by atoms with Crippen LogP contribution in [0.2, 0.25) is 0 Å². The molecule has 1 heterocycles.